The van der Waals surface area contributed by atoms with E-state index in [-0.39, 0.29) is 6.61 Å². The molecule has 0 N–H and O–H groups in total. The second-order valence-corrected chi connectivity index (χ2v) is 8.60. The molecule has 4 aromatic carbocycles. The number of rotatable bonds is 7. The summed E-state index contributed by atoms with van der Waals surface area (Å²) in [6.45, 7) is 2.07. The number of benzene rings is 4. The van der Waals surface area contributed by atoms with Crippen LogP contribution in [0.15, 0.2) is 78.9 Å². The Bertz CT molecular complexity index is 1420. The highest BCUT2D eigenvalue weighted by atomic mass is 16.5. The Morgan fingerprint density at radius 1 is 0.784 bits per heavy atom. The van der Waals surface area contributed by atoms with Crippen molar-refractivity contribution in [3.05, 3.63) is 101 Å². The van der Waals surface area contributed by atoms with E-state index in [1.165, 1.54) is 0 Å². The second kappa shape index (κ2) is 9.90. The van der Waals surface area contributed by atoms with Crippen molar-refractivity contribution in [2.75, 3.05) is 27.9 Å². The highest BCUT2D eigenvalue weighted by molar-refractivity contribution is 6.04. The predicted octanol–water partition coefficient (Wildman–Crippen LogP) is 6.39. The average Bonchev–Trinajstić information content (AvgIpc) is 2.96. The maximum atomic E-state index is 13.0. The smallest absolute Gasteiger partial charge is 0.338 e. The monoisotopic (exact) mass is 496 g/mol. The van der Waals surface area contributed by atoms with Gasteiger partial charge in [-0.15, -0.1) is 0 Å². The minimum absolute atomic E-state index is 0.278. The van der Waals surface area contributed by atoms with Crippen LogP contribution in [-0.2, 0) is 10.3 Å². The van der Waals surface area contributed by atoms with Gasteiger partial charge >= 0.3 is 5.97 Å². The third-order valence-electron chi connectivity index (χ3n) is 6.62. The standard InChI is InChI=1S/C31H28O6/c1-5-36-30(32)28-18-20-6-11-25(35-4)19-27(20)29-26(28)16-17-31(37-29,21-7-12-23(33-2)13-8-21)22-9-14-24(34-3)15-10-22/h6-19H,5H2,1-4H3. The molecule has 0 aromatic heterocycles. The number of hydrogen-bond donors (Lipinski definition) is 0. The molecule has 0 radical (unpaired) electrons. The van der Waals surface area contributed by atoms with E-state index in [4.69, 9.17) is 23.7 Å². The number of methoxy groups -OCH3 is 3. The number of fused-ring (bicyclic) bond motifs is 3. The number of esters is 1. The first kappa shape index (κ1) is 24.3. The van der Waals surface area contributed by atoms with Crippen LogP contribution < -0.4 is 18.9 Å². The summed E-state index contributed by atoms with van der Waals surface area (Å²) in [6.07, 6.45) is 3.92. The number of hydrogen-bond acceptors (Lipinski definition) is 6. The van der Waals surface area contributed by atoms with E-state index in [0.29, 0.717) is 22.6 Å². The van der Waals surface area contributed by atoms with Gasteiger partial charge in [0.05, 0.1) is 33.5 Å². The first-order valence-corrected chi connectivity index (χ1v) is 12.0. The van der Waals surface area contributed by atoms with E-state index < -0.39 is 11.6 Å². The highest BCUT2D eigenvalue weighted by Gasteiger charge is 2.39. The first-order chi connectivity index (χ1) is 18.0. The largest absolute Gasteiger partial charge is 0.497 e. The Morgan fingerprint density at radius 3 is 1.89 bits per heavy atom. The molecular formula is C31H28O6. The molecule has 4 aromatic rings. The molecule has 0 saturated carbocycles. The summed E-state index contributed by atoms with van der Waals surface area (Å²) in [5, 5.41) is 1.68. The molecule has 1 aliphatic rings. The van der Waals surface area contributed by atoms with Crippen molar-refractivity contribution < 1.29 is 28.5 Å². The van der Waals surface area contributed by atoms with Crippen LogP contribution in [0.5, 0.6) is 23.0 Å². The fourth-order valence-electron chi connectivity index (χ4n) is 4.69. The maximum Gasteiger partial charge on any atom is 0.338 e. The van der Waals surface area contributed by atoms with Gasteiger partial charge in [0, 0.05) is 22.1 Å². The quantitative estimate of drug-likeness (QED) is 0.276. The zero-order valence-corrected chi connectivity index (χ0v) is 21.2. The molecule has 5 rings (SSSR count). The van der Waals surface area contributed by atoms with Gasteiger partial charge in [-0.05, 0) is 66.9 Å². The van der Waals surface area contributed by atoms with Crippen molar-refractivity contribution in [1.82, 2.24) is 0 Å². The van der Waals surface area contributed by atoms with Gasteiger partial charge in [-0.1, -0.05) is 30.3 Å². The Hall–Kier alpha value is -4.45. The molecule has 0 spiro atoms. The molecule has 6 nitrogen and oxygen atoms in total. The van der Waals surface area contributed by atoms with Gasteiger partial charge in [0.2, 0.25) is 0 Å². The predicted molar refractivity (Wildman–Crippen MR) is 143 cm³/mol. The molecule has 1 aliphatic heterocycles. The SMILES string of the molecule is CCOC(=O)c1cc2ccc(OC)cc2c2c1C=CC(c1ccc(OC)cc1)(c1ccc(OC)cc1)O2. The van der Waals surface area contributed by atoms with E-state index in [9.17, 15) is 4.79 Å². The zero-order chi connectivity index (χ0) is 26.0. The minimum Gasteiger partial charge on any atom is -0.497 e. The zero-order valence-electron chi connectivity index (χ0n) is 21.2. The Kier molecular flexibility index (Phi) is 6.49. The lowest BCUT2D eigenvalue weighted by molar-refractivity contribution is 0.0525. The van der Waals surface area contributed by atoms with Gasteiger partial charge in [-0.3, -0.25) is 0 Å². The molecule has 37 heavy (non-hydrogen) atoms. The van der Waals surface area contributed by atoms with Crippen molar-refractivity contribution in [2.24, 2.45) is 0 Å². The van der Waals surface area contributed by atoms with Crippen LogP contribution in [0, 0.1) is 0 Å². The van der Waals surface area contributed by atoms with E-state index in [1.54, 1.807) is 28.3 Å². The lowest BCUT2D eigenvalue weighted by Gasteiger charge is -2.37. The summed E-state index contributed by atoms with van der Waals surface area (Å²) in [5.74, 6) is 2.36. The van der Waals surface area contributed by atoms with E-state index in [0.717, 1.165) is 33.4 Å². The fraction of sp³-hybridized carbons (Fsp3) is 0.194. The van der Waals surface area contributed by atoms with Crippen molar-refractivity contribution in [3.8, 4) is 23.0 Å². The van der Waals surface area contributed by atoms with Crippen molar-refractivity contribution in [1.29, 1.82) is 0 Å². The average molecular weight is 497 g/mol. The molecule has 0 unspecified atom stereocenters. The van der Waals surface area contributed by atoms with E-state index in [2.05, 4.69) is 0 Å². The molecule has 188 valence electrons. The molecule has 0 amide bonds. The highest BCUT2D eigenvalue weighted by Crippen LogP contribution is 2.47. The summed E-state index contributed by atoms with van der Waals surface area (Å²) in [5.41, 5.74) is 1.94. The van der Waals surface area contributed by atoms with Crippen LogP contribution in [0.3, 0.4) is 0 Å². The van der Waals surface area contributed by atoms with Crippen LogP contribution in [0.25, 0.3) is 16.8 Å². The number of carbonyl (C=O) groups excluding carboxylic acids is 1. The molecular weight excluding hydrogens is 468 g/mol. The lowest BCUT2D eigenvalue weighted by Crippen LogP contribution is -2.34. The Balaban J connectivity index is 1.77. The van der Waals surface area contributed by atoms with Gasteiger partial charge in [-0.2, -0.15) is 0 Å². The van der Waals surface area contributed by atoms with Gasteiger partial charge in [0.1, 0.15) is 23.0 Å². The van der Waals surface area contributed by atoms with Crippen molar-refractivity contribution >= 4 is 22.8 Å². The molecule has 0 fully saturated rings. The maximum absolute atomic E-state index is 13.0. The van der Waals surface area contributed by atoms with Crippen molar-refractivity contribution in [3.63, 3.8) is 0 Å². The third-order valence-corrected chi connectivity index (χ3v) is 6.62. The van der Waals surface area contributed by atoms with E-state index >= 15 is 0 Å². The summed E-state index contributed by atoms with van der Waals surface area (Å²) >= 11 is 0. The lowest BCUT2D eigenvalue weighted by atomic mass is 9.82. The number of carbonyl (C=O) groups is 1. The first-order valence-electron chi connectivity index (χ1n) is 12.0. The second-order valence-electron chi connectivity index (χ2n) is 8.60. The molecule has 0 aliphatic carbocycles. The molecule has 0 atom stereocenters. The van der Waals surface area contributed by atoms with Crippen LogP contribution in [0.4, 0.5) is 0 Å². The normalized spacial score (nSPS) is 13.4. The van der Waals surface area contributed by atoms with Gasteiger partial charge in [0.15, 0.2) is 5.60 Å². The van der Waals surface area contributed by atoms with Crippen LogP contribution in [0.1, 0.15) is 34.0 Å². The molecule has 1 heterocycles. The van der Waals surface area contributed by atoms with Gasteiger partial charge in [0.25, 0.3) is 0 Å². The molecule has 6 heteroatoms. The topological polar surface area (TPSA) is 63.2 Å². The van der Waals surface area contributed by atoms with Crippen molar-refractivity contribution in [2.45, 2.75) is 12.5 Å². The summed E-state index contributed by atoms with van der Waals surface area (Å²) < 4.78 is 28.7. The summed E-state index contributed by atoms with van der Waals surface area (Å²) in [6, 6.07) is 23.1. The van der Waals surface area contributed by atoms with Gasteiger partial charge < -0.3 is 23.7 Å². The van der Waals surface area contributed by atoms with E-state index in [1.807, 2.05) is 84.9 Å². The number of ether oxygens (including phenoxy) is 5. The molecule has 0 saturated heterocycles. The molecule has 0 bridgehead atoms. The van der Waals surface area contributed by atoms with Crippen LogP contribution >= 0.6 is 0 Å². The van der Waals surface area contributed by atoms with Gasteiger partial charge in [-0.25, -0.2) is 4.79 Å². The van der Waals surface area contributed by atoms with Crippen LogP contribution in [0.2, 0.25) is 0 Å². The Morgan fingerprint density at radius 2 is 1.35 bits per heavy atom. The Labute approximate surface area is 216 Å². The minimum atomic E-state index is -0.977. The fourth-order valence-corrected chi connectivity index (χ4v) is 4.69. The summed E-state index contributed by atoms with van der Waals surface area (Å²) in [4.78, 5) is 13.0. The van der Waals surface area contributed by atoms with Crippen LogP contribution in [-0.4, -0.2) is 33.9 Å². The summed E-state index contributed by atoms with van der Waals surface area (Å²) in [7, 11) is 4.90. The third kappa shape index (κ3) is 4.25.